The minimum absolute atomic E-state index is 0.964. The number of carboxylic acid groups (broad SMARTS) is 2. The lowest BCUT2D eigenvalue weighted by Gasteiger charge is -2.02. The summed E-state index contributed by atoms with van der Waals surface area (Å²) in [6.07, 6.45) is 3.19. The van der Waals surface area contributed by atoms with E-state index in [-0.39, 0.29) is 0 Å². The molecule has 0 saturated carbocycles. The third-order valence-electron chi connectivity index (χ3n) is 3.34. The van der Waals surface area contributed by atoms with E-state index in [2.05, 4.69) is 57.6 Å². The molecule has 2 heterocycles. The van der Waals surface area contributed by atoms with Crippen molar-refractivity contribution in [1.82, 2.24) is 10.3 Å². The molecule has 4 N–H and O–H groups in total. The topological polar surface area (TPSA) is 102 Å². The Balaban J connectivity index is 0.000000301. The van der Waals surface area contributed by atoms with Gasteiger partial charge in [-0.3, -0.25) is 0 Å². The van der Waals surface area contributed by atoms with Gasteiger partial charge in [0.05, 0.1) is 0 Å². The Bertz CT molecular complexity index is 784. The maximum atomic E-state index is 9.10. The Morgan fingerprint density at radius 2 is 1.88 bits per heavy atom. The van der Waals surface area contributed by atoms with Crippen molar-refractivity contribution in [2.75, 3.05) is 6.54 Å². The number of H-pyrrole nitrogens is 1. The van der Waals surface area contributed by atoms with Gasteiger partial charge in [-0.1, -0.05) is 18.2 Å². The van der Waals surface area contributed by atoms with Crippen LogP contribution in [0.5, 0.6) is 0 Å². The molecular formula is C17H18N2O4S. The lowest BCUT2D eigenvalue weighted by atomic mass is 10.1. The molecule has 0 unspecified atom stereocenters. The Labute approximate surface area is 142 Å². The van der Waals surface area contributed by atoms with Crippen LogP contribution in [0.1, 0.15) is 11.1 Å². The number of fused-ring (bicyclic) bond motifs is 1. The molecule has 126 valence electrons. The number of hydrogen-bond donors (Lipinski definition) is 4. The van der Waals surface area contributed by atoms with E-state index >= 15 is 0 Å². The first-order chi connectivity index (χ1) is 11.6. The molecule has 6 nitrogen and oxygen atoms in total. The van der Waals surface area contributed by atoms with Crippen LogP contribution in [0.4, 0.5) is 0 Å². The van der Waals surface area contributed by atoms with Crippen molar-refractivity contribution >= 4 is 34.2 Å². The van der Waals surface area contributed by atoms with Gasteiger partial charge in [-0.15, -0.1) is 0 Å². The molecule has 0 spiro atoms. The van der Waals surface area contributed by atoms with Crippen molar-refractivity contribution in [2.24, 2.45) is 0 Å². The van der Waals surface area contributed by atoms with Gasteiger partial charge in [0, 0.05) is 23.6 Å². The van der Waals surface area contributed by atoms with Crippen LogP contribution in [-0.4, -0.2) is 33.7 Å². The molecule has 7 heteroatoms. The zero-order valence-corrected chi connectivity index (χ0v) is 13.7. The van der Waals surface area contributed by atoms with E-state index in [1.807, 2.05) is 0 Å². The first-order valence-corrected chi connectivity index (χ1v) is 8.25. The van der Waals surface area contributed by atoms with Crippen LogP contribution in [0, 0.1) is 0 Å². The smallest absolute Gasteiger partial charge is 0.414 e. The molecule has 0 amide bonds. The number of para-hydroxylation sites is 1. The molecule has 0 aliphatic rings. The van der Waals surface area contributed by atoms with Crippen molar-refractivity contribution < 1.29 is 19.8 Å². The van der Waals surface area contributed by atoms with E-state index in [0.717, 1.165) is 19.5 Å². The molecular weight excluding hydrogens is 328 g/mol. The van der Waals surface area contributed by atoms with Gasteiger partial charge in [0.15, 0.2) is 0 Å². The Kier molecular flexibility index (Phi) is 6.53. The van der Waals surface area contributed by atoms with E-state index in [4.69, 9.17) is 19.8 Å². The number of aliphatic carboxylic acids is 2. The number of carbonyl (C=O) groups is 2. The number of aromatic amines is 1. The highest BCUT2D eigenvalue weighted by molar-refractivity contribution is 7.07. The second kappa shape index (κ2) is 8.85. The molecule has 1 aromatic carbocycles. The molecule has 2 aromatic heterocycles. The highest BCUT2D eigenvalue weighted by Crippen LogP contribution is 2.17. The number of thiophene rings is 1. The van der Waals surface area contributed by atoms with Crippen molar-refractivity contribution in [3.63, 3.8) is 0 Å². The van der Waals surface area contributed by atoms with E-state index < -0.39 is 11.9 Å². The van der Waals surface area contributed by atoms with Gasteiger partial charge in [-0.05, 0) is 47.0 Å². The zero-order valence-electron chi connectivity index (χ0n) is 12.9. The number of rotatable bonds is 5. The highest BCUT2D eigenvalue weighted by atomic mass is 32.1. The molecule has 0 saturated heterocycles. The SMILES string of the molecule is O=C(O)C(=O)O.c1ccc2c(CCNCc3ccsc3)c[nH]c2c1. The van der Waals surface area contributed by atoms with Crippen molar-refractivity contribution in [2.45, 2.75) is 13.0 Å². The molecule has 3 aromatic rings. The first-order valence-electron chi connectivity index (χ1n) is 7.31. The summed E-state index contributed by atoms with van der Waals surface area (Å²) in [4.78, 5) is 21.5. The monoisotopic (exact) mass is 346 g/mol. The van der Waals surface area contributed by atoms with Crippen LogP contribution in [0.2, 0.25) is 0 Å². The van der Waals surface area contributed by atoms with Crippen molar-refractivity contribution in [3.05, 3.63) is 58.4 Å². The molecule has 0 radical (unpaired) electrons. The van der Waals surface area contributed by atoms with E-state index in [1.165, 1.54) is 22.0 Å². The Hall–Kier alpha value is -2.64. The van der Waals surface area contributed by atoms with Gasteiger partial charge in [0.1, 0.15) is 0 Å². The van der Waals surface area contributed by atoms with Crippen LogP contribution in [-0.2, 0) is 22.6 Å². The normalized spacial score (nSPS) is 10.2. The maximum Gasteiger partial charge on any atom is 0.414 e. The summed E-state index contributed by atoms with van der Waals surface area (Å²) in [5.74, 6) is -3.65. The molecule has 0 aliphatic carbocycles. The van der Waals surface area contributed by atoms with Crippen LogP contribution >= 0.6 is 11.3 Å². The minimum atomic E-state index is -1.82. The van der Waals surface area contributed by atoms with Crippen molar-refractivity contribution in [1.29, 1.82) is 0 Å². The van der Waals surface area contributed by atoms with Gasteiger partial charge >= 0.3 is 11.9 Å². The summed E-state index contributed by atoms with van der Waals surface area (Å²) >= 11 is 1.75. The minimum Gasteiger partial charge on any atom is -0.473 e. The molecule has 0 bridgehead atoms. The summed E-state index contributed by atoms with van der Waals surface area (Å²) in [7, 11) is 0. The van der Waals surface area contributed by atoms with Crippen LogP contribution in [0.3, 0.4) is 0 Å². The second-order valence-electron chi connectivity index (χ2n) is 5.03. The third kappa shape index (κ3) is 5.22. The summed E-state index contributed by atoms with van der Waals surface area (Å²) in [6.45, 7) is 1.98. The van der Waals surface area contributed by atoms with Gasteiger partial charge in [0.25, 0.3) is 0 Å². The van der Waals surface area contributed by atoms with Gasteiger partial charge < -0.3 is 20.5 Å². The number of nitrogens with one attached hydrogen (secondary N) is 2. The molecule has 24 heavy (non-hydrogen) atoms. The third-order valence-corrected chi connectivity index (χ3v) is 4.07. The Morgan fingerprint density at radius 1 is 1.12 bits per heavy atom. The fourth-order valence-corrected chi connectivity index (χ4v) is 2.86. The first kappa shape index (κ1) is 17.7. The molecule has 0 atom stereocenters. The van der Waals surface area contributed by atoms with Gasteiger partial charge in [-0.25, -0.2) is 9.59 Å². The summed E-state index contributed by atoms with van der Waals surface area (Å²) in [6, 6.07) is 10.6. The van der Waals surface area contributed by atoms with Gasteiger partial charge in [-0.2, -0.15) is 11.3 Å². The van der Waals surface area contributed by atoms with Crippen LogP contribution in [0.25, 0.3) is 10.9 Å². The largest absolute Gasteiger partial charge is 0.473 e. The van der Waals surface area contributed by atoms with Gasteiger partial charge in [0.2, 0.25) is 0 Å². The maximum absolute atomic E-state index is 9.10. The number of benzene rings is 1. The summed E-state index contributed by atoms with van der Waals surface area (Å²) in [5.41, 5.74) is 3.99. The van der Waals surface area contributed by atoms with Crippen LogP contribution < -0.4 is 5.32 Å². The van der Waals surface area contributed by atoms with Crippen LogP contribution in [0.15, 0.2) is 47.3 Å². The van der Waals surface area contributed by atoms with E-state index in [9.17, 15) is 0 Å². The predicted molar refractivity (Wildman–Crippen MR) is 93.3 cm³/mol. The average Bonchev–Trinajstić information content (AvgIpc) is 3.22. The lowest BCUT2D eigenvalue weighted by Crippen LogP contribution is -2.16. The fraction of sp³-hybridized carbons (Fsp3) is 0.176. The van der Waals surface area contributed by atoms with E-state index in [0.29, 0.717) is 0 Å². The number of hydrogen-bond acceptors (Lipinski definition) is 4. The van der Waals surface area contributed by atoms with Crippen molar-refractivity contribution in [3.8, 4) is 0 Å². The second-order valence-corrected chi connectivity index (χ2v) is 5.81. The highest BCUT2D eigenvalue weighted by Gasteiger charge is 2.04. The Morgan fingerprint density at radius 3 is 2.54 bits per heavy atom. The lowest BCUT2D eigenvalue weighted by molar-refractivity contribution is -0.159. The predicted octanol–water partition coefficient (Wildman–Crippen LogP) is 2.72. The average molecular weight is 346 g/mol. The fourth-order valence-electron chi connectivity index (χ4n) is 2.19. The standard InChI is InChI=1S/C15H16N2S.C2H2O4/c1-2-4-15-14(3-1)13(10-17-15)5-7-16-9-12-6-8-18-11-12;3-1(4)2(5)6/h1-4,6,8,10-11,16-17H,5,7,9H2;(H,3,4)(H,5,6). The summed E-state index contributed by atoms with van der Waals surface area (Å²) < 4.78 is 0. The molecule has 3 rings (SSSR count). The number of aromatic nitrogens is 1. The van der Waals surface area contributed by atoms with E-state index in [1.54, 1.807) is 11.3 Å². The zero-order chi connectivity index (χ0) is 17.4. The quantitative estimate of drug-likeness (QED) is 0.420. The number of carboxylic acids is 2. The molecule has 0 aliphatic heterocycles. The molecule has 0 fully saturated rings. The summed E-state index contributed by atoms with van der Waals surface area (Å²) in [5, 5.41) is 23.9.